The van der Waals surface area contributed by atoms with Crippen LogP contribution in [0, 0.1) is 17.3 Å². The summed E-state index contributed by atoms with van der Waals surface area (Å²) in [5.41, 5.74) is -0.913. The number of benzene rings is 1. The van der Waals surface area contributed by atoms with Crippen molar-refractivity contribution in [3.8, 4) is 0 Å². The molecule has 2 fully saturated rings. The fraction of sp³-hybridized carbons (Fsp3) is 0.690. The Hall–Kier alpha value is -4.49. The molecule has 1 aromatic rings. The summed E-state index contributed by atoms with van der Waals surface area (Å²) in [5, 5.41) is 10.7. The largest absolute Gasteiger partial charge is 0.444 e. The summed E-state index contributed by atoms with van der Waals surface area (Å²) in [6.45, 7) is 12.8. The van der Waals surface area contributed by atoms with Crippen molar-refractivity contribution in [2.45, 2.75) is 142 Å². The van der Waals surface area contributed by atoms with Gasteiger partial charge in [-0.25, -0.2) is 4.79 Å². The van der Waals surface area contributed by atoms with Gasteiger partial charge in [0.2, 0.25) is 29.4 Å². The lowest BCUT2D eigenvalue weighted by molar-refractivity contribution is -0.145. The van der Waals surface area contributed by atoms with E-state index in [1.807, 2.05) is 27.7 Å². The van der Waals surface area contributed by atoms with E-state index >= 15 is 0 Å². The van der Waals surface area contributed by atoms with Crippen molar-refractivity contribution in [3.05, 3.63) is 35.9 Å². The number of hydrogen-bond acceptors (Lipinski definition) is 8. The molecule has 0 radical (unpaired) electrons. The Morgan fingerprint density at radius 3 is 2.12 bits per heavy atom. The van der Waals surface area contributed by atoms with E-state index in [4.69, 9.17) is 4.74 Å². The van der Waals surface area contributed by atoms with Gasteiger partial charge < -0.3 is 35.8 Å². The lowest BCUT2D eigenvalue weighted by Gasteiger charge is -2.39. The minimum atomic E-state index is -1.20. The zero-order valence-electron chi connectivity index (χ0n) is 35.0. The number of Topliss-reactive ketones (excluding diaryl/α,β-unsaturated/α-hetero) is 1. The summed E-state index contributed by atoms with van der Waals surface area (Å²) in [5.74, 6) is -4.20. The Morgan fingerprint density at radius 2 is 1.54 bits per heavy atom. The molecule has 1 unspecified atom stereocenters. The van der Waals surface area contributed by atoms with Gasteiger partial charge in [-0.2, -0.15) is 0 Å². The van der Waals surface area contributed by atoms with E-state index in [0.717, 1.165) is 38.5 Å². The molecule has 0 aliphatic carbocycles. The van der Waals surface area contributed by atoms with Gasteiger partial charge in [-0.15, -0.1) is 0 Å². The average molecular weight is 783 g/mol. The summed E-state index contributed by atoms with van der Waals surface area (Å²) >= 11 is 0. The number of fused-ring (bicyclic) bond motifs is 1. The van der Waals surface area contributed by atoms with Gasteiger partial charge in [-0.1, -0.05) is 103 Å². The molecular formula is C42H66N6O8. The van der Waals surface area contributed by atoms with Crippen molar-refractivity contribution in [1.82, 2.24) is 31.1 Å². The number of hydrogen-bond donors (Lipinski definition) is 4. The van der Waals surface area contributed by atoms with Gasteiger partial charge in [0.15, 0.2) is 0 Å². The summed E-state index contributed by atoms with van der Waals surface area (Å²) in [6, 6.07) is 4.54. The van der Waals surface area contributed by atoms with Crippen LogP contribution in [-0.2, 0) is 33.5 Å². The molecule has 2 aliphatic rings. The van der Waals surface area contributed by atoms with Gasteiger partial charge >= 0.3 is 6.09 Å². The standard InChI is InChI=1S/C42H66N6O8/c1-27(2)29-23-25-48-33(29)36(51)44-30(34(50)37(52)43-26-31(49)45-32(38(53)47(8)9)28-20-16-15-17-21-28)22-18-13-11-10-12-14-19-24-42(6,7)35(39(48)54)46-40(55)56-41(3,4)5/h15-17,20-21,27,29-30,32-33,35H,10-14,18-19,22-26H2,1-9H3,(H,43,52)(H,44,51)(H,45,49)(H,46,55)/t29?,30-,32-,33-,35+/m0/s1. The van der Waals surface area contributed by atoms with Crippen LogP contribution in [0.4, 0.5) is 4.79 Å². The fourth-order valence-electron chi connectivity index (χ4n) is 7.57. The number of ether oxygens (including phenoxy) is 1. The number of carbonyl (C=O) groups excluding carboxylic acids is 7. The second kappa shape index (κ2) is 20.6. The lowest BCUT2D eigenvalue weighted by Crippen LogP contribution is -2.61. The summed E-state index contributed by atoms with van der Waals surface area (Å²) in [7, 11) is 3.14. The van der Waals surface area contributed by atoms with Crippen LogP contribution in [0.5, 0.6) is 0 Å². The van der Waals surface area contributed by atoms with E-state index in [9.17, 15) is 33.6 Å². The van der Waals surface area contributed by atoms with Gasteiger partial charge in [-0.3, -0.25) is 28.8 Å². The molecule has 0 bridgehead atoms. The molecule has 0 spiro atoms. The Labute approximate surface area is 333 Å². The van der Waals surface area contributed by atoms with Crippen LogP contribution < -0.4 is 21.3 Å². The van der Waals surface area contributed by atoms with Crippen LogP contribution in [0.3, 0.4) is 0 Å². The van der Waals surface area contributed by atoms with E-state index in [-0.39, 0.29) is 30.7 Å². The van der Waals surface area contributed by atoms with Gasteiger partial charge in [0.1, 0.15) is 23.7 Å². The molecule has 2 heterocycles. The maximum atomic E-state index is 14.6. The number of carbonyl (C=O) groups is 7. The smallest absolute Gasteiger partial charge is 0.408 e. The molecular weight excluding hydrogens is 716 g/mol. The Balaban J connectivity index is 1.86. The number of likely N-dealkylation sites (N-methyl/N-ethyl adjacent to an activating group) is 1. The first-order valence-electron chi connectivity index (χ1n) is 20.2. The highest BCUT2D eigenvalue weighted by Gasteiger charge is 2.48. The van der Waals surface area contributed by atoms with Crippen molar-refractivity contribution < 1.29 is 38.3 Å². The van der Waals surface area contributed by atoms with E-state index in [2.05, 4.69) is 21.3 Å². The van der Waals surface area contributed by atoms with Crippen molar-refractivity contribution >= 4 is 41.4 Å². The van der Waals surface area contributed by atoms with Crippen LogP contribution in [-0.4, -0.2) is 102 Å². The molecule has 5 atom stereocenters. The highest BCUT2D eigenvalue weighted by Crippen LogP contribution is 2.36. The average Bonchev–Trinajstić information content (AvgIpc) is 3.58. The predicted octanol–water partition coefficient (Wildman–Crippen LogP) is 4.42. The van der Waals surface area contributed by atoms with Crippen LogP contribution in [0.15, 0.2) is 30.3 Å². The lowest BCUT2D eigenvalue weighted by atomic mass is 9.78. The third-order valence-corrected chi connectivity index (χ3v) is 10.7. The first-order valence-corrected chi connectivity index (χ1v) is 20.2. The summed E-state index contributed by atoms with van der Waals surface area (Å²) in [6.07, 6.45) is 6.70. The van der Waals surface area contributed by atoms with Crippen molar-refractivity contribution in [3.63, 3.8) is 0 Å². The van der Waals surface area contributed by atoms with Crippen LogP contribution in [0.1, 0.15) is 124 Å². The summed E-state index contributed by atoms with van der Waals surface area (Å²) in [4.78, 5) is 98.0. The molecule has 2 aliphatic heterocycles. The predicted molar refractivity (Wildman–Crippen MR) is 213 cm³/mol. The number of rotatable bonds is 9. The molecule has 14 heteroatoms. The zero-order valence-corrected chi connectivity index (χ0v) is 35.0. The zero-order chi connectivity index (χ0) is 41.8. The van der Waals surface area contributed by atoms with Crippen LogP contribution >= 0.6 is 0 Å². The third kappa shape index (κ3) is 13.3. The highest BCUT2D eigenvalue weighted by molar-refractivity contribution is 6.38. The fourth-order valence-corrected chi connectivity index (χ4v) is 7.57. The van der Waals surface area contributed by atoms with Crippen LogP contribution in [0.25, 0.3) is 0 Å². The van der Waals surface area contributed by atoms with E-state index in [1.54, 1.807) is 65.2 Å². The van der Waals surface area contributed by atoms with Gasteiger partial charge in [0.25, 0.3) is 5.91 Å². The Kier molecular flexibility index (Phi) is 16.9. The SMILES string of the molecule is CC(C)C1CCN2C(=O)[C@@H](NC(=O)OC(C)(C)C)C(C)(C)CCCCCCCCC[C@@H](C(=O)C(=O)NCC(=O)N[C@H](C(=O)N(C)C)c3ccccc3)NC(=O)[C@H]12. The minimum Gasteiger partial charge on any atom is -0.444 e. The second-order valence-electron chi connectivity index (χ2n) is 17.5. The third-order valence-electron chi connectivity index (χ3n) is 10.7. The Morgan fingerprint density at radius 1 is 0.929 bits per heavy atom. The maximum absolute atomic E-state index is 14.6. The molecule has 4 N–H and O–H groups in total. The molecule has 56 heavy (non-hydrogen) atoms. The molecule has 0 aromatic heterocycles. The number of alkyl carbamates (subject to hydrolysis) is 1. The van der Waals surface area contributed by atoms with E-state index in [0.29, 0.717) is 24.8 Å². The number of nitrogens with zero attached hydrogens (tertiary/aromatic N) is 2. The molecule has 3 rings (SSSR count). The molecule has 1 aromatic carbocycles. The van der Waals surface area contributed by atoms with Crippen molar-refractivity contribution in [2.75, 3.05) is 27.2 Å². The highest BCUT2D eigenvalue weighted by atomic mass is 16.6. The molecule has 14 nitrogen and oxygen atoms in total. The number of nitrogens with one attached hydrogen (secondary N) is 4. The van der Waals surface area contributed by atoms with E-state index < -0.39 is 77.2 Å². The molecule has 312 valence electrons. The van der Waals surface area contributed by atoms with Crippen molar-refractivity contribution in [2.24, 2.45) is 17.3 Å². The van der Waals surface area contributed by atoms with E-state index in [1.165, 1.54) is 9.80 Å². The molecule has 0 saturated carbocycles. The maximum Gasteiger partial charge on any atom is 0.408 e. The second-order valence-corrected chi connectivity index (χ2v) is 17.5. The monoisotopic (exact) mass is 782 g/mol. The van der Waals surface area contributed by atoms with Crippen LogP contribution in [0.2, 0.25) is 0 Å². The topological polar surface area (TPSA) is 183 Å². The first kappa shape index (κ1) is 45.9. The molecule has 6 amide bonds. The minimum absolute atomic E-state index is 0.00187. The van der Waals surface area contributed by atoms with Gasteiger partial charge in [-0.05, 0) is 62.8 Å². The summed E-state index contributed by atoms with van der Waals surface area (Å²) < 4.78 is 5.57. The van der Waals surface area contributed by atoms with Gasteiger partial charge in [0, 0.05) is 20.6 Å². The quantitative estimate of drug-likeness (QED) is 0.266. The normalized spacial score (nSPS) is 23.1. The number of amides is 6. The van der Waals surface area contributed by atoms with Gasteiger partial charge in [0.05, 0.1) is 12.6 Å². The van der Waals surface area contributed by atoms with Crippen molar-refractivity contribution in [1.29, 1.82) is 0 Å². The molecule has 2 saturated heterocycles. The first-order chi connectivity index (χ1) is 26.2. The number of ketones is 1. The Bertz CT molecular complexity index is 1540.